The average molecular weight is 220 g/mol. The number of carbonyl (C=O) groups excluding carboxylic acids is 1. The second kappa shape index (κ2) is 5.18. The summed E-state index contributed by atoms with van der Waals surface area (Å²) in [6.45, 7) is -0.253. The molecule has 0 spiro atoms. The van der Waals surface area contributed by atoms with Gasteiger partial charge in [0, 0.05) is 11.6 Å². The lowest BCUT2D eigenvalue weighted by Gasteiger charge is -2.11. The largest absolute Gasteiger partial charge is 0.479 e. The zero-order valence-corrected chi connectivity index (χ0v) is 8.21. The van der Waals surface area contributed by atoms with E-state index in [2.05, 4.69) is 10.6 Å². The fourth-order valence-corrected chi connectivity index (χ4v) is 1.91. The van der Waals surface area contributed by atoms with Crippen LogP contribution in [0, 0.1) is 0 Å². The molecule has 6 nitrogen and oxygen atoms in total. The van der Waals surface area contributed by atoms with Gasteiger partial charge < -0.3 is 15.5 Å². The molecule has 1 aliphatic heterocycles. The molecule has 2 unspecified atom stereocenters. The monoisotopic (exact) mass is 220 g/mol. The van der Waals surface area contributed by atoms with E-state index < -0.39 is 12.1 Å². The molecular weight excluding hydrogens is 208 g/mol. The highest BCUT2D eigenvalue weighted by atomic mass is 32.2. The molecule has 1 heterocycles. The number of nitrogens with one attached hydrogen (secondary N) is 2. The lowest BCUT2D eigenvalue weighted by Crippen LogP contribution is -2.45. The maximum Gasteiger partial charge on any atom is 0.334 e. The van der Waals surface area contributed by atoms with Gasteiger partial charge in [-0.2, -0.15) is 0 Å². The fraction of sp³-hybridized carbons (Fsp3) is 0.714. The fourth-order valence-electron chi connectivity index (χ4n) is 0.971. The van der Waals surface area contributed by atoms with Gasteiger partial charge in [-0.25, -0.2) is 4.79 Å². The van der Waals surface area contributed by atoms with E-state index in [0.717, 1.165) is 5.88 Å². The number of carbonyl (C=O) groups is 2. The minimum absolute atomic E-state index is 0.253. The van der Waals surface area contributed by atoms with E-state index in [1.807, 2.05) is 0 Å². The van der Waals surface area contributed by atoms with Gasteiger partial charge in [-0.1, -0.05) is 0 Å². The van der Waals surface area contributed by atoms with Crippen molar-refractivity contribution in [2.45, 2.75) is 12.1 Å². The Bertz CT molecular complexity index is 230. The van der Waals surface area contributed by atoms with Crippen LogP contribution in [-0.2, 0) is 9.59 Å². The summed E-state index contributed by atoms with van der Waals surface area (Å²) in [4.78, 5) is 21.5. The summed E-state index contributed by atoms with van der Waals surface area (Å²) < 4.78 is 0. The number of aliphatic carboxylic acids is 1. The number of aliphatic hydroxyl groups is 1. The summed E-state index contributed by atoms with van der Waals surface area (Å²) in [7, 11) is 0. The molecule has 0 aliphatic carbocycles. The molecule has 0 aromatic carbocycles. The summed E-state index contributed by atoms with van der Waals surface area (Å²) >= 11 is 1.60. The van der Waals surface area contributed by atoms with Crippen LogP contribution < -0.4 is 10.6 Å². The third-order valence-electron chi connectivity index (χ3n) is 1.79. The first-order chi connectivity index (χ1) is 6.61. The third kappa shape index (κ3) is 3.17. The molecule has 1 amide bonds. The normalized spacial score (nSPS) is 23.1. The summed E-state index contributed by atoms with van der Waals surface area (Å²) in [5.41, 5.74) is 0. The van der Waals surface area contributed by atoms with E-state index in [4.69, 9.17) is 10.2 Å². The SMILES string of the molecule is O=C(O)C(O)CNC(=O)C1CSCN1. The molecule has 0 aromatic heterocycles. The molecule has 2 atom stereocenters. The van der Waals surface area contributed by atoms with Crippen molar-refractivity contribution in [3.63, 3.8) is 0 Å². The quantitative estimate of drug-likeness (QED) is 0.447. The van der Waals surface area contributed by atoms with E-state index in [0.29, 0.717) is 5.75 Å². The Balaban J connectivity index is 2.23. The molecule has 4 N–H and O–H groups in total. The van der Waals surface area contributed by atoms with E-state index in [1.165, 1.54) is 0 Å². The third-order valence-corrected chi connectivity index (χ3v) is 2.73. The molecule has 0 radical (unpaired) electrons. The highest BCUT2D eigenvalue weighted by Gasteiger charge is 2.23. The standard InChI is InChI=1S/C7H12N2O4S/c10-5(7(12)13)1-8-6(11)4-2-14-3-9-4/h4-5,9-10H,1-3H2,(H,8,11)(H,12,13). The highest BCUT2D eigenvalue weighted by molar-refractivity contribution is 7.99. The lowest BCUT2D eigenvalue weighted by atomic mass is 10.3. The van der Waals surface area contributed by atoms with E-state index in [9.17, 15) is 9.59 Å². The number of amides is 1. The number of carboxylic acid groups (broad SMARTS) is 1. The summed E-state index contributed by atoms with van der Waals surface area (Å²) in [6, 6.07) is -0.277. The van der Waals surface area contributed by atoms with Gasteiger partial charge in [0.15, 0.2) is 6.10 Å². The van der Waals surface area contributed by atoms with Crippen molar-refractivity contribution in [1.82, 2.24) is 10.6 Å². The lowest BCUT2D eigenvalue weighted by molar-refractivity contribution is -0.146. The van der Waals surface area contributed by atoms with Crippen LogP contribution in [0.25, 0.3) is 0 Å². The van der Waals surface area contributed by atoms with Crippen LogP contribution in [0.4, 0.5) is 0 Å². The molecule has 0 aromatic rings. The molecule has 80 valence electrons. The van der Waals surface area contributed by atoms with Crippen molar-refractivity contribution < 1.29 is 19.8 Å². The Hall–Kier alpha value is -0.790. The van der Waals surface area contributed by atoms with Gasteiger partial charge in [0.05, 0.1) is 12.6 Å². The van der Waals surface area contributed by atoms with Crippen LogP contribution in [0.5, 0.6) is 0 Å². The second-order valence-corrected chi connectivity index (χ2v) is 3.90. The Kier molecular flexibility index (Phi) is 4.18. The van der Waals surface area contributed by atoms with Crippen molar-refractivity contribution >= 4 is 23.6 Å². The molecule has 0 bridgehead atoms. The molecule has 14 heavy (non-hydrogen) atoms. The Morgan fingerprint density at radius 2 is 2.36 bits per heavy atom. The van der Waals surface area contributed by atoms with Gasteiger partial charge in [-0.15, -0.1) is 11.8 Å². The van der Waals surface area contributed by atoms with Crippen LogP contribution in [0.1, 0.15) is 0 Å². The van der Waals surface area contributed by atoms with E-state index in [-0.39, 0.29) is 18.5 Å². The number of rotatable bonds is 4. The number of hydrogen-bond acceptors (Lipinski definition) is 5. The topological polar surface area (TPSA) is 98.7 Å². The minimum atomic E-state index is -1.53. The van der Waals surface area contributed by atoms with Crippen molar-refractivity contribution in [3.8, 4) is 0 Å². The Morgan fingerprint density at radius 3 is 2.86 bits per heavy atom. The molecule has 1 aliphatic rings. The van der Waals surface area contributed by atoms with Crippen LogP contribution in [0.3, 0.4) is 0 Å². The average Bonchev–Trinajstić information content (AvgIpc) is 2.66. The van der Waals surface area contributed by atoms with Crippen LogP contribution in [-0.4, -0.2) is 52.4 Å². The van der Waals surface area contributed by atoms with Crippen molar-refractivity contribution in [1.29, 1.82) is 0 Å². The van der Waals surface area contributed by atoms with Gasteiger partial charge in [0.25, 0.3) is 0 Å². The first kappa shape index (κ1) is 11.3. The Labute approximate surface area is 85.1 Å². The molecular formula is C7H12N2O4S. The number of carboxylic acids is 1. The molecule has 1 rings (SSSR count). The summed E-state index contributed by atoms with van der Waals surface area (Å²) in [5, 5.41) is 22.5. The number of aliphatic hydroxyl groups excluding tert-OH is 1. The summed E-state index contributed by atoms with van der Waals surface area (Å²) in [6.07, 6.45) is -1.53. The van der Waals surface area contributed by atoms with Gasteiger partial charge in [0.1, 0.15) is 0 Å². The zero-order chi connectivity index (χ0) is 10.6. The maximum atomic E-state index is 11.3. The van der Waals surface area contributed by atoms with Gasteiger partial charge in [0.2, 0.25) is 5.91 Å². The molecule has 7 heteroatoms. The van der Waals surface area contributed by atoms with Crippen LogP contribution in [0.15, 0.2) is 0 Å². The highest BCUT2D eigenvalue weighted by Crippen LogP contribution is 2.08. The maximum absolute atomic E-state index is 11.3. The smallest absolute Gasteiger partial charge is 0.334 e. The molecule has 1 saturated heterocycles. The Morgan fingerprint density at radius 1 is 1.64 bits per heavy atom. The van der Waals surface area contributed by atoms with E-state index >= 15 is 0 Å². The van der Waals surface area contributed by atoms with Crippen LogP contribution in [0.2, 0.25) is 0 Å². The minimum Gasteiger partial charge on any atom is -0.479 e. The van der Waals surface area contributed by atoms with Gasteiger partial charge in [-0.3, -0.25) is 10.1 Å². The number of hydrogen-bond donors (Lipinski definition) is 4. The van der Waals surface area contributed by atoms with Gasteiger partial charge >= 0.3 is 5.97 Å². The first-order valence-corrected chi connectivity index (χ1v) is 5.26. The van der Waals surface area contributed by atoms with Crippen LogP contribution >= 0.6 is 11.8 Å². The van der Waals surface area contributed by atoms with Gasteiger partial charge in [-0.05, 0) is 0 Å². The molecule has 1 fully saturated rings. The predicted molar refractivity (Wildman–Crippen MR) is 50.9 cm³/mol. The molecule has 0 saturated carbocycles. The van der Waals surface area contributed by atoms with E-state index in [1.54, 1.807) is 11.8 Å². The van der Waals surface area contributed by atoms with Crippen molar-refractivity contribution in [3.05, 3.63) is 0 Å². The number of thioether (sulfide) groups is 1. The van der Waals surface area contributed by atoms with Crippen molar-refractivity contribution in [2.24, 2.45) is 0 Å². The zero-order valence-electron chi connectivity index (χ0n) is 7.40. The summed E-state index contributed by atoms with van der Waals surface area (Å²) in [5.74, 6) is -0.205. The first-order valence-electron chi connectivity index (χ1n) is 4.11. The van der Waals surface area contributed by atoms with Crippen molar-refractivity contribution in [2.75, 3.05) is 18.2 Å². The predicted octanol–water partition coefficient (Wildman–Crippen LogP) is -1.79. The second-order valence-electron chi connectivity index (χ2n) is 2.87.